The Morgan fingerprint density at radius 1 is 1.22 bits per heavy atom. The van der Waals surface area contributed by atoms with Crippen LogP contribution in [0.1, 0.15) is 43.0 Å². The fraction of sp³-hybridized carbons (Fsp3) is 0.300. The van der Waals surface area contributed by atoms with Crippen LogP contribution in [0.25, 0.3) is 5.95 Å². The van der Waals surface area contributed by atoms with Crippen molar-refractivity contribution in [1.29, 1.82) is 0 Å². The molecule has 0 saturated heterocycles. The lowest BCUT2D eigenvalue weighted by Gasteiger charge is -2.24. The number of aryl methyl sites for hydroxylation is 1. The van der Waals surface area contributed by atoms with Gasteiger partial charge in [-0.3, -0.25) is 4.79 Å². The summed E-state index contributed by atoms with van der Waals surface area (Å²) in [5, 5.41) is 7.53. The minimum Gasteiger partial charge on any atom is -0.491 e. The number of nitrogens with one attached hydrogen (secondary N) is 1. The molecule has 0 saturated carbocycles. The van der Waals surface area contributed by atoms with Gasteiger partial charge in [-0.1, -0.05) is 12.1 Å². The molecule has 4 rings (SSSR count). The summed E-state index contributed by atoms with van der Waals surface area (Å²) in [4.78, 5) is 21.0. The summed E-state index contributed by atoms with van der Waals surface area (Å²) < 4.78 is 7.42. The summed E-state index contributed by atoms with van der Waals surface area (Å²) in [5.41, 5.74) is 2.86. The minimum absolute atomic E-state index is 0.0558. The molecule has 138 valence electrons. The summed E-state index contributed by atoms with van der Waals surface area (Å²) in [6.07, 6.45) is 3.76. The lowest BCUT2D eigenvalue weighted by Crippen LogP contribution is -2.25. The third kappa shape index (κ3) is 3.28. The Morgan fingerprint density at radius 3 is 2.74 bits per heavy atom. The van der Waals surface area contributed by atoms with E-state index in [2.05, 4.69) is 20.4 Å². The Bertz CT molecular complexity index is 981. The number of carbonyl (C=O) groups is 1. The number of amides is 1. The van der Waals surface area contributed by atoms with Crippen molar-refractivity contribution in [3.8, 4) is 11.7 Å². The van der Waals surface area contributed by atoms with Crippen molar-refractivity contribution in [3.05, 3.63) is 59.5 Å². The lowest BCUT2D eigenvalue weighted by atomic mass is 9.86. The summed E-state index contributed by atoms with van der Waals surface area (Å²) >= 11 is 0. The van der Waals surface area contributed by atoms with E-state index >= 15 is 0 Å². The minimum atomic E-state index is -0.0954. The van der Waals surface area contributed by atoms with E-state index in [0.717, 1.165) is 22.6 Å². The first-order valence-corrected chi connectivity index (χ1v) is 8.96. The lowest BCUT2D eigenvalue weighted by molar-refractivity contribution is -0.116. The van der Waals surface area contributed by atoms with Gasteiger partial charge in [0, 0.05) is 30.3 Å². The van der Waals surface area contributed by atoms with E-state index in [4.69, 9.17) is 4.74 Å². The van der Waals surface area contributed by atoms with Crippen molar-refractivity contribution >= 4 is 11.7 Å². The number of nitrogens with zero attached hydrogens (tertiary/aromatic N) is 4. The second-order valence-corrected chi connectivity index (χ2v) is 6.85. The van der Waals surface area contributed by atoms with Gasteiger partial charge in [0.2, 0.25) is 5.91 Å². The van der Waals surface area contributed by atoms with Crippen molar-refractivity contribution in [3.63, 3.8) is 0 Å². The number of anilines is 1. The molecular weight excluding hydrogens is 342 g/mol. The number of benzene rings is 1. The van der Waals surface area contributed by atoms with Gasteiger partial charge in [-0.25, -0.2) is 9.97 Å². The van der Waals surface area contributed by atoms with Gasteiger partial charge in [0.05, 0.1) is 11.8 Å². The molecule has 0 unspecified atom stereocenters. The van der Waals surface area contributed by atoms with E-state index in [1.54, 1.807) is 23.1 Å². The first-order valence-electron chi connectivity index (χ1n) is 8.96. The van der Waals surface area contributed by atoms with Gasteiger partial charge in [-0.15, -0.1) is 0 Å². The number of aromatic nitrogens is 4. The van der Waals surface area contributed by atoms with Gasteiger partial charge in [-0.2, -0.15) is 9.78 Å². The van der Waals surface area contributed by atoms with E-state index in [1.165, 1.54) is 0 Å². The topological polar surface area (TPSA) is 81.9 Å². The van der Waals surface area contributed by atoms with Gasteiger partial charge >= 0.3 is 0 Å². The quantitative estimate of drug-likeness (QED) is 0.769. The van der Waals surface area contributed by atoms with Crippen LogP contribution < -0.4 is 10.1 Å². The van der Waals surface area contributed by atoms with Crippen LogP contribution in [0.5, 0.6) is 5.75 Å². The molecule has 1 aromatic carbocycles. The van der Waals surface area contributed by atoms with Crippen molar-refractivity contribution in [2.45, 2.75) is 39.2 Å². The van der Waals surface area contributed by atoms with E-state index in [0.29, 0.717) is 18.2 Å². The van der Waals surface area contributed by atoms with Gasteiger partial charge < -0.3 is 10.1 Å². The molecule has 0 fully saturated rings. The molecule has 1 amide bonds. The van der Waals surface area contributed by atoms with Gasteiger partial charge in [-0.05, 0) is 44.5 Å². The predicted molar refractivity (Wildman–Crippen MR) is 101 cm³/mol. The highest BCUT2D eigenvalue weighted by Crippen LogP contribution is 2.40. The third-order valence-electron chi connectivity index (χ3n) is 4.48. The molecular formula is C20H21N5O2. The molecule has 0 radical (unpaired) electrons. The molecule has 0 aliphatic carbocycles. The number of hydrogen-bond donors (Lipinski definition) is 1. The van der Waals surface area contributed by atoms with E-state index in [-0.39, 0.29) is 17.9 Å². The third-order valence-corrected chi connectivity index (χ3v) is 4.48. The number of hydrogen-bond acceptors (Lipinski definition) is 5. The first kappa shape index (κ1) is 17.2. The maximum Gasteiger partial charge on any atom is 0.252 e. The van der Waals surface area contributed by atoms with Crippen LogP contribution in [-0.4, -0.2) is 31.8 Å². The molecule has 27 heavy (non-hydrogen) atoms. The zero-order valence-corrected chi connectivity index (χ0v) is 15.5. The summed E-state index contributed by atoms with van der Waals surface area (Å²) in [6.45, 7) is 5.93. The van der Waals surface area contributed by atoms with Crippen molar-refractivity contribution < 1.29 is 9.53 Å². The maximum atomic E-state index is 12.4. The van der Waals surface area contributed by atoms with Crippen LogP contribution in [0.15, 0.2) is 42.7 Å². The standard InChI is InChI=1S/C20H21N5O2/c1-12(2)27-15-7-4-6-14(10-15)16-11-17(26)23-19-18(16)13(3)24-25(19)20-21-8-5-9-22-20/h4-10,12,16H,11H2,1-3H3,(H,23,26)/t16-/m0/s1. The van der Waals surface area contributed by atoms with Crippen molar-refractivity contribution in [2.75, 3.05) is 5.32 Å². The zero-order chi connectivity index (χ0) is 19.0. The number of fused-ring (bicyclic) bond motifs is 1. The molecule has 7 heteroatoms. The summed E-state index contributed by atoms with van der Waals surface area (Å²) in [6, 6.07) is 9.66. The monoisotopic (exact) mass is 363 g/mol. The number of ether oxygens (including phenoxy) is 1. The highest BCUT2D eigenvalue weighted by molar-refractivity contribution is 5.95. The first-order chi connectivity index (χ1) is 13.0. The van der Waals surface area contributed by atoms with Crippen LogP contribution >= 0.6 is 0 Å². The maximum absolute atomic E-state index is 12.4. The number of rotatable bonds is 4. The van der Waals surface area contributed by atoms with Crippen LogP contribution in [0.3, 0.4) is 0 Å². The Labute approximate surface area is 157 Å². The Kier molecular flexibility index (Phi) is 4.35. The Morgan fingerprint density at radius 2 is 2.00 bits per heavy atom. The predicted octanol–water partition coefficient (Wildman–Crippen LogP) is 3.23. The molecule has 1 atom stereocenters. The van der Waals surface area contributed by atoms with Gasteiger partial charge in [0.25, 0.3) is 5.95 Å². The van der Waals surface area contributed by atoms with E-state index in [1.807, 2.05) is 45.0 Å². The van der Waals surface area contributed by atoms with Crippen LogP contribution in [0.4, 0.5) is 5.82 Å². The molecule has 0 bridgehead atoms. The molecule has 0 spiro atoms. The zero-order valence-electron chi connectivity index (χ0n) is 15.5. The van der Waals surface area contributed by atoms with Crippen LogP contribution in [0.2, 0.25) is 0 Å². The van der Waals surface area contributed by atoms with Crippen molar-refractivity contribution in [1.82, 2.24) is 19.7 Å². The molecule has 2 aromatic heterocycles. The second kappa shape index (κ2) is 6.83. The average molecular weight is 363 g/mol. The largest absolute Gasteiger partial charge is 0.491 e. The van der Waals surface area contributed by atoms with Crippen molar-refractivity contribution in [2.24, 2.45) is 0 Å². The fourth-order valence-electron chi connectivity index (χ4n) is 3.45. The molecule has 7 nitrogen and oxygen atoms in total. The summed E-state index contributed by atoms with van der Waals surface area (Å²) in [5.74, 6) is 1.71. The SMILES string of the molecule is Cc1nn(-c2ncccn2)c2c1[C@H](c1cccc(OC(C)C)c1)CC(=O)N2. The molecule has 1 N–H and O–H groups in total. The number of carbonyl (C=O) groups excluding carboxylic acids is 1. The molecule has 1 aliphatic heterocycles. The van der Waals surface area contributed by atoms with Crippen LogP contribution in [-0.2, 0) is 4.79 Å². The second-order valence-electron chi connectivity index (χ2n) is 6.85. The fourth-order valence-corrected chi connectivity index (χ4v) is 3.45. The van der Waals surface area contributed by atoms with E-state index < -0.39 is 0 Å². The highest BCUT2D eigenvalue weighted by Gasteiger charge is 2.33. The summed E-state index contributed by atoms with van der Waals surface area (Å²) in [7, 11) is 0. The van der Waals surface area contributed by atoms with Gasteiger partial charge in [0.1, 0.15) is 11.6 Å². The molecule has 3 heterocycles. The highest BCUT2D eigenvalue weighted by atomic mass is 16.5. The Balaban J connectivity index is 1.80. The molecule has 1 aliphatic rings. The molecule has 3 aromatic rings. The van der Waals surface area contributed by atoms with Crippen LogP contribution in [0, 0.1) is 6.92 Å². The Hall–Kier alpha value is -3.22. The normalized spacial score (nSPS) is 16.1. The smallest absolute Gasteiger partial charge is 0.252 e. The van der Waals surface area contributed by atoms with E-state index in [9.17, 15) is 4.79 Å². The average Bonchev–Trinajstić information content (AvgIpc) is 2.98. The van der Waals surface area contributed by atoms with Gasteiger partial charge in [0.15, 0.2) is 0 Å².